The van der Waals surface area contributed by atoms with Crippen LogP contribution >= 0.6 is 11.6 Å². The standard InChI is InChI=1S/C28H33ClFN5O/c1-5-28(6-2,35-14-12-34(4)13-15-35)11-10-20-16-22-25(18-26(20)36-7-3)31-19-32-27(22)33-21-8-9-24(30)23(29)17-21/h8-9,16-19H,5-7,12-15H2,1-4H3,(H,31,32,33). The normalized spacial score (nSPS) is 14.9. The molecule has 1 fully saturated rings. The van der Waals surface area contributed by atoms with Gasteiger partial charge in [0, 0.05) is 43.3 Å². The van der Waals surface area contributed by atoms with Gasteiger partial charge in [-0.1, -0.05) is 37.3 Å². The predicted molar refractivity (Wildman–Crippen MR) is 145 cm³/mol. The molecule has 2 aromatic carbocycles. The summed E-state index contributed by atoms with van der Waals surface area (Å²) in [6, 6.07) is 8.36. The van der Waals surface area contributed by atoms with Crippen molar-refractivity contribution in [1.82, 2.24) is 19.8 Å². The summed E-state index contributed by atoms with van der Waals surface area (Å²) in [7, 11) is 2.17. The number of ether oxygens (including phenoxy) is 1. The highest BCUT2D eigenvalue weighted by atomic mass is 35.5. The van der Waals surface area contributed by atoms with Crippen molar-refractivity contribution in [1.29, 1.82) is 0 Å². The number of aromatic nitrogens is 2. The quantitative estimate of drug-likeness (QED) is 0.411. The molecule has 0 saturated carbocycles. The molecule has 0 atom stereocenters. The van der Waals surface area contributed by atoms with E-state index in [1.807, 2.05) is 19.1 Å². The molecule has 190 valence electrons. The number of nitrogens with zero attached hydrogens (tertiary/aromatic N) is 4. The molecule has 0 aliphatic carbocycles. The van der Waals surface area contributed by atoms with E-state index in [0.717, 1.165) is 55.5 Å². The summed E-state index contributed by atoms with van der Waals surface area (Å²) in [5, 5.41) is 4.08. The van der Waals surface area contributed by atoms with Gasteiger partial charge in [-0.3, -0.25) is 4.90 Å². The van der Waals surface area contributed by atoms with E-state index in [-0.39, 0.29) is 10.6 Å². The third kappa shape index (κ3) is 5.57. The Morgan fingerprint density at radius 3 is 2.50 bits per heavy atom. The summed E-state index contributed by atoms with van der Waals surface area (Å²) >= 11 is 5.97. The van der Waals surface area contributed by atoms with Crippen LogP contribution in [0.15, 0.2) is 36.7 Å². The first-order valence-corrected chi connectivity index (χ1v) is 12.9. The average molecular weight is 510 g/mol. The molecule has 1 aliphatic heterocycles. The molecular formula is C28H33ClFN5O. The Bertz CT molecular complexity index is 1280. The van der Waals surface area contributed by atoms with Crippen molar-refractivity contribution in [3.63, 3.8) is 0 Å². The number of fused-ring (bicyclic) bond motifs is 1. The highest BCUT2D eigenvalue weighted by Gasteiger charge is 2.33. The molecule has 4 rings (SSSR count). The summed E-state index contributed by atoms with van der Waals surface area (Å²) < 4.78 is 19.6. The molecule has 0 unspecified atom stereocenters. The number of benzene rings is 2. The Hall–Kier alpha value is -2.92. The van der Waals surface area contributed by atoms with Gasteiger partial charge in [-0.15, -0.1) is 0 Å². The van der Waals surface area contributed by atoms with Crippen LogP contribution in [0.25, 0.3) is 10.9 Å². The molecule has 0 spiro atoms. The van der Waals surface area contributed by atoms with Crippen LogP contribution in [0.5, 0.6) is 5.75 Å². The van der Waals surface area contributed by atoms with Crippen LogP contribution in [-0.4, -0.2) is 65.1 Å². The first-order chi connectivity index (χ1) is 17.4. The largest absolute Gasteiger partial charge is 0.492 e. The Morgan fingerprint density at radius 1 is 1.08 bits per heavy atom. The van der Waals surface area contributed by atoms with Crippen molar-refractivity contribution in [3.8, 4) is 17.6 Å². The molecule has 1 N–H and O–H groups in total. The number of piperazine rings is 1. The fraction of sp³-hybridized carbons (Fsp3) is 0.429. The van der Waals surface area contributed by atoms with Crippen LogP contribution in [-0.2, 0) is 0 Å². The number of rotatable bonds is 7. The maximum atomic E-state index is 13.6. The molecule has 8 heteroatoms. The van der Waals surface area contributed by atoms with E-state index in [1.54, 1.807) is 6.07 Å². The van der Waals surface area contributed by atoms with Crippen molar-refractivity contribution in [2.45, 2.75) is 39.2 Å². The minimum Gasteiger partial charge on any atom is -0.492 e. The monoisotopic (exact) mass is 509 g/mol. The Labute approximate surface area is 217 Å². The van der Waals surface area contributed by atoms with Gasteiger partial charge < -0.3 is 15.0 Å². The van der Waals surface area contributed by atoms with Gasteiger partial charge in [-0.05, 0) is 51.1 Å². The van der Waals surface area contributed by atoms with Gasteiger partial charge in [0.2, 0.25) is 0 Å². The minimum absolute atomic E-state index is 0.0444. The first-order valence-electron chi connectivity index (χ1n) is 12.5. The molecule has 1 aliphatic rings. The van der Waals surface area contributed by atoms with E-state index in [2.05, 4.69) is 57.8 Å². The summed E-state index contributed by atoms with van der Waals surface area (Å²) in [4.78, 5) is 13.8. The van der Waals surface area contributed by atoms with Crippen molar-refractivity contribution in [2.24, 2.45) is 0 Å². The summed E-state index contributed by atoms with van der Waals surface area (Å²) in [6.45, 7) is 11.0. The predicted octanol–water partition coefficient (Wildman–Crippen LogP) is 5.72. The van der Waals surface area contributed by atoms with E-state index in [9.17, 15) is 4.39 Å². The first kappa shape index (κ1) is 26.2. The molecule has 0 amide bonds. The third-order valence-corrected chi connectivity index (χ3v) is 7.22. The van der Waals surface area contributed by atoms with E-state index >= 15 is 0 Å². The Morgan fingerprint density at radius 2 is 1.83 bits per heavy atom. The summed E-state index contributed by atoms with van der Waals surface area (Å²) in [6.07, 6.45) is 3.38. The number of hydrogen-bond donors (Lipinski definition) is 1. The number of hydrogen-bond acceptors (Lipinski definition) is 6. The van der Waals surface area contributed by atoms with Crippen LogP contribution in [0.2, 0.25) is 5.02 Å². The Balaban J connectivity index is 1.76. The van der Waals surface area contributed by atoms with Crippen molar-refractivity contribution < 1.29 is 9.13 Å². The smallest absolute Gasteiger partial charge is 0.141 e. The van der Waals surface area contributed by atoms with Crippen LogP contribution in [0, 0.1) is 17.7 Å². The SMILES string of the molecule is CCOc1cc2ncnc(Nc3ccc(F)c(Cl)c3)c2cc1C#CC(CC)(CC)N1CCN(C)CC1. The third-order valence-electron chi connectivity index (χ3n) is 6.93. The second-order valence-corrected chi connectivity index (χ2v) is 9.46. The van der Waals surface area contributed by atoms with E-state index in [1.165, 1.54) is 18.5 Å². The van der Waals surface area contributed by atoms with Crippen LogP contribution in [0.4, 0.5) is 15.9 Å². The van der Waals surface area contributed by atoms with Gasteiger partial charge in [0.15, 0.2) is 0 Å². The lowest BCUT2D eigenvalue weighted by Crippen LogP contribution is -2.55. The lowest BCUT2D eigenvalue weighted by atomic mass is 9.90. The molecule has 3 aromatic rings. The fourth-order valence-corrected chi connectivity index (χ4v) is 4.82. The maximum absolute atomic E-state index is 13.6. The van der Waals surface area contributed by atoms with Crippen molar-refractivity contribution >= 4 is 34.0 Å². The number of anilines is 2. The number of nitrogens with one attached hydrogen (secondary N) is 1. The lowest BCUT2D eigenvalue weighted by Gasteiger charge is -2.43. The zero-order valence-corrected chi connectivity index (χ0v) is 22.1. The molecule has 6 nitrogen and oxygen atoms in total. The van der Waals surface area contributed by atoms with Crippen LogP contribution in [0.3, 0.4) is 0 Å². The van der Waals surface area contributed by atoms with Gasteiger partial charge >= 0.3 is 0 Å². The minimum atomic E-state index is -0.468. The fourth-order valence-electron chi connectivity index (χ4n) is 4.64. The molecular weight excluding hydrogens is 477 g/mol. The second-order valence-electron chi connectivity index (χ2n) is 9.05. The van der Waals surface area contributed by atoms with Gasteiger partial charge in [0.05, 0.1) is 28.2 Å². The molecule has 2 heterocycles. The highest BCUT2D eigenvalue weighted by Crippen LogP contribution is 2.31. The van der Waals surface area contributed by atoms with Crippen LogP contribution < -0.4 is 10.1 Å². The van der Waals surface area contributed by atoms with Gasteiger partial charge in [-0.25, -0.2) is 14.4 Å². The van der Waals surface area contributed by atoms with Gasteiger partial charge in [0.25, 0.3) is 0 Å². The molecule has 1 aromatic heterocycles. The van der Waals surface area contributed by atoms with E-state index in [0.29, 0.717) is 23.9 Å². The number of halogens is 2. The zero-order valence-electron chi connectivity index (χ0n) is 21.4. The maximum Gasteiger partial charge on any atom is 0.141 e. The van der Waals surface area contributed by atoms with E-state index < -0.39 is 5.82 Å². The topological polar surface area (TPSA) is 53.5 Å². The average Bonchev–Trinajstić information content (AvgIpc) is 2.88. The van der Waals surface area contributed by atoms with E-state index in [4.69, 9.17) is 16.3 Å². The summed E-state index contributed by atoms with van der Waals surface area (Å²) in [5.41, 5.74) is 1.96. The van der Waals surface area contributed by atoms with Crippen molar-refractivity contribution in [3.05, 3.63) is 53.1 Å². The van der Waals surface area contributed by atoms with Crippen molar-refractivity contribution in [2.75, 3.05) is 45.2 Å². The molecule has 0 radical (unpaired) electrons. The molecule has 1 saturated heterocycles. The lowest BCUT2D eigenvalue weighted by molar-refractivity contribution is 0.0696. The Kier molecular flexibility index (Phi) is 8.30. The molecule has 36 heavy (non-hydrogen) atoms. The van der Waals surface area contributed by atoms with Gasteiger partial charge in [0.1, 0.15) is 23.7 Å². The highest BCUT2D eigenvalue weighted by molar-refractivity contribution is 6.31. The zero-order chi connectivity index (χ0) is 25.7. The van der Waals surface area contributed by atoms with Crippen LogP contribution in [0.1, 0.15) is 39.2 Å². The summed E-state index contributed by atoms with van der Waals surface area (Å²) in [5.74, 6) is 7.92. The second kappa shape index (κ2) is 11.4. The van der Waals surface area contributed by atoms with Gasteiger partial charge in [-0.2, -0.15) is 0 Å². The number of likely N-dealkylation sites (N-methyl/N-ethyl adjacent to an activating group) is 1. The molecule has 0 bridgehead atoms.